The maximum atomic E-state index is 12.2. The first-order valence-electron chi connectivity index (χ1n) is 18.1. The van der Waals surface area contributed by atoms with Crippen LogP contribution in [-0.2, 0) is 45.3 Å². The van der Waals surface area contributed by atoms with Gasteiger partial charge in [-0.2, -0.15) is 9.98 Å². The average molecular weight is 1140 g/mol. The summed E-state index contributed by atoms with van der Waals surface area (Å²) in [7, 11) is -20.3. The molecule has 1 unspecified atom stereocenters. The van der Waals surface area contributed by atoms with E-state index in [4.69, 9.17) is 24.4 Å². The zero-order valence-corrected chi connectivity index (χ0v) is 51.6. The van der Waals surface area contributed by atoms with Crippen molar-refractivity contribution in [2.75, 3.05) is 17.2 Å². The third-order valence-corrected chi connectivity index (χ3v) is 12.9. The van der Waals surface area contributed by atoms with Crippen molar-refractivity contribution in [2.45, 2.75) is 44.9 Å². The molecule has 0 saturated carbocycles. The maximum Gasteiger partial charge on any atom is 1.00 e. The summed E-state index contributed by atoms with van der Waals surface area (Å²) in [4.78, 5) is 16.5. The number of aliphatic carboxylic acids is 1. The van der Waals surface area contributed by atoms with Gasteiger partial charge in [0.2, 0.25) is 0 Å². The smallest absolute Gasteiger partial charge is 0.744 e. The Kier molecular flexibility index (Phi) is 30.0. The Hall–Kier alpha value is -1.55. The Bertz CT molecular complexity index is 3230. The second-order valence-corrected chi connectivity index (χ2v) is 19.8. The zero-order chi connectivity index (χ0) is 49.0. The Morgan fingerprint density at radius 1 is 0.571 bits per heavy atom. The van der Waals surface area contributed by atoms with Gasteiger partial charge < -0.3 is 44.6 Å². The molecule has 20 nitrogen and oxygen atoms in total. The van der Waals surface area contributed by atoms with Crippen LogP contribution in [-0.4, -0.2) is 96.1 Å². The fourth-order valence-electron chi connectivity index (χ4n) is 5.72. The number of nitrogens with one attached hydrogen (secondary N) is 4. The van der Waals surface area contributed by atoms with Gasteiger partial charge in [-0.1, -0.05) is 48.6 Å². The maximum absolute atomic E-state index is 12.2. The monoisotopic (exact) mass is 1140 g/mol. The van der Waals surface area contributed by atoms with Gasteiger partial charge in [0, 0.05) is 17.9 Å². The van der Waals surface area contributed by atoms with Crippen molar-refractivity contribution in [1.29, 1.82) is 0 Å². The number of unbranched alkanes of at least 4 members (excludes halogenated alkanes) is 1. The van der Waals surface area contributed by atoms with Gasteiger partial charge in [0.1, 0.15) is 46.5 Å². The number of hydrogen-bond acceptors (Lipinski definition) is 19. The van der Waals surface area contributed by atoms with E-state index in [2.05, 4.69) is 55.7 Å². The van der Waals surface area contributed by atoms with E-state index >= 15 is 0 Å². The average Bonchev–Trinajstić information content (AvgIpc) is 3.21. The van der Waals surface area contributed by atoms with Crippen LogP contribution >= 0.6 is 48.9 Å². The van der Waals surface area contributed by atoms with Crippen molar-refractivity contribution in [1.82, 2.24) is 10.6 Å². The third-order valence-electron chi connectivity index (χ3n) is 8.66. The molecule has 32 heteroatoms. The molecule has 0 amide bonds. The number of carbonyl (C=O) groups is 1. The predicted molar refractivity (Wildman–Crippen MR) is 254 cm³/mol. The van der Waals surface area contributed by atoms with Gasteiger partial charge in [0.25, 0.3) is 0 Å². The third kappa shape index (κ3) is 21.7. The molecule has 0 heterocycles. The van der Waals surface area contributed by atoms with E-state index in [1.54, 1.807) is 0 Å². The van der Waals surface area contributed by atoms with Gasteiger partial charge in [-0.05, 0) is 139 Å². The molecular formula is C38H30N6Na4O14S8. The first-order valence-corrected chi connectivity index (χ1v) is 25.3. The summed E-state index contributed by atoms with van der Waals surface area (Å²) >= 11 is 19.5. The van der Waals surface area contributed by atoms with E-state index in [-0.39, 0.29) is 193 Å². The molecule has 0 saturated heterocycles. The van der Waals surface area contributed by atoms with Gasteiger partial charge in [-0.25, -0.2) is 38.5 Å². The topological polar surface area (TPSA) is 339 Å². The number of thiocarbonyl (C=S) groups is 4. The van der Waals surface area contributed by atoms with Crippen LogP contribution in [0.2, 0.25) is 0 Å². The van der Waals surface area contributed by atoms with Crippen molar-refractivity contribution in [2.24, 2.45) is 9.98 Å². The largest absolute Gasteiger partial charge is 1.00 e. The predicted octanol–water partition coefficient (Wildman–Crippen LogP) is -6.98. The van der Waals surface area contributed by atoms with Crippen LogP contribution in [0.5, 0.6) is 0 Å². The number of carboxylic acid groups (broad SMARTS) is 1. The molecule has 4 rings (SSSR count). The summed E-state index contributed by atoms with van der Waals surface area (Å²) in [5, 5.41) is 24.4. The number of benzene rings is 4. The van der Waals surface area contributed by atoms with Crippen molar-refractivity contribution >= 4 is 163 Å². The van der Waals surface area contributed by atoms with Crippen molar-refractivity contribution in [3.05, 3.63) is 95.1 Å². The molecule has 4 aromatic rings. The molecule has 0 spiro atoms. The van der Waals surface area contributed by atoms with Crippen LogP contribution in [0.25, 0.3) is 24.3 Å². The fourth-order valence-corrected chi connectivity index (χ4v) is 9.19. The zero-order valence-electron chi connectivity index (χ0n) is 37.1. The molecule has 0 aliphatic carbocycles. The van der Waals surface area contributed by atoms with Gasteiger partial charge in [0.15, 0.2) is 10.2 Å². The van der Waals surface area contributed by atoms with E-state index in [0.29, 0.717) is 6.42 Å². The Balaban J connectivity index is 0.0000119. The Labute approximate surface area is 513 Å². The molecule has 0 aliphatic rings. The summed E-state index contributed by atoms with van der Waals surface area (Å²) in [6, 6.07) is 12.8. The molecule has 0 bridgehead atoms. The van der Waals surface area contributed by atoms with Gasteiger partial charge in [0.05, 0.1) is 41.3 Å². The van der Waals surface area contributed by atoms with E-state index < -0.39 is 72.1 Å². The number of anilines is 2. The van der Waals surface area contributed by atoms with Gasteiger partial charge in [-0.15, -0.1) is 0 Å². The van der Waals surface area contributed by atoms with E-state index in [1.807, 2.05) is 10.3 Å². The van der Waals surface area contributed by atoms with Gasteiger partial charge >= 0.3 is 124 Å². The van der Waals surface area contributed by atoms with Crippen LogP contribution in [0.4, 0.5) is 22.7 Å². The Morgan fingerprint density at radius 2 is 0.914 bits per heavy atom. The normalized spacial score (nSPS) is 11.7. The number of aliphatic imine (C=N–C) groups is 2. The molecule has 348 valence electrons. The number of isothiocyanates is 2. The minimum Gasteiger partial charge on any atom is -0.744 e. The summed E-state index contributed by atoms with van der Waals surface area (Å²) in [6.07, 6.45) is 5.12. The van der Waals surface area contributed by atoms with E-state index in [0.717, 1.165) is 48.6 Å². The SMILES string of the molecule is O=C(O)C(CCCCNC(=S)Nc1ccc(/C=C/c2ccc(N=C=S)cc2S(=O)(=O)[O-])c(S(=O)(=O)[O-])c1)NC(=S)Nc1ccc(/C=C/c2ccc(N=C=S)cc2S(=O)(=O)[O-])c(S(=O)(=O)[O-])c1.[Na+].[Na+].[Na+].[Na+]. The summed E-state index contributed by atoms with van der Waals surface area (Å²) in [5.41, 5.74) is -0.484. The second kappa shape index (κ2) is 30.7. The van der Waals surface area contributed by atoms with Crippen LogP contribution in [0.1, 0.15) is 41.5 Å². The summed E-state index contributed by atoms with van der Waals surface area (Å²) in [5.74, 6) is -1.29. The van der Waals surface area contributed by atoms with Crippen molar-refractivity contribution in [3.63, 3.8) is 0 Å². The molecule has 0 aliphatic heterocycles. The van der Waals surface area contributed by atoms with Crippen molar-refractivity contribution < 1.29 is 180 Å². The number of rotatable bonds is 19. The van der Waals surface area contributed by atoms with Crippen molar-refractivity contribution in [3.8, 4) is 0 Å². The summed E-state index contributed by atoms with van der Waals surface area (Å²) in [6.45, 7) is 0.197. The molecule has 5 N–H and O–H groups in total. The molecule has 4 aromatic carbocycles. The fraction of sp³-hybridized carbons (Fsp3) is 0.132. The standard InChI is InChI=1S/C38H34N6O14S8.4Na/c45-36(46)31(44-38(62)43-30-15-11-26(35(20-30)66(56,57)58)7-5-24-9-13-28(41-22-60)18-33(24)64(50,51)52)3-1-2-16-39-37(61)42-29-14-10-25(34(19-29)65(53,54)55)6-4-23-8-12-27(40-21-59)17-32(23)63(47,48)49;;;;/h4-15,17-20,31H,1-3,16H2,(H,45,46)(H2,39,42,61)(H2,43,44,62)(H,47,48,49)(H,50,51,52)(H,53,54,55)(H,56,57,58);;;;/q;4*+1/p-4/b6-4+,7-5+;;;;. The minimum absolute atomic E-state index is 0. The molecule has 0 aromatic heterocycles. The molecular weight excluding hydrogens is 1110 g/mol. The first-order chi connectivity index (χ1) is 30.8. The quantitative estimate of drug-likeness (QED) is 0.0145. The number of hydrogen-bond donors (Lipinski definition) is 5. The van der Waals surface area contributed by atoms with E-state index in [9.17, 15) is 61.8 Å². The van der Waals surface area contributed by atoms with Crippen LogP contribution in [0.15, 0.2) is 102 Å². The molecule has 0 radical (unpaired) electrons. The molecule has 70 heavy (non-hydrogen) atoms. The van der Waals surface area contributed by atoms with Crippen LogP contribution < -0.4 is 139 Å². The molecule has 1 atom stereocenters. The first kappa shape index (κ1) is 68.5. The summed E-state index contributed by atoms with van der Waals surface area (Å²) < 4.78 is 144. The second-order valence-electron chi connectivity index (χ2n) is 13.2. The Morgan fingerprint density at radius 3 is 1.26 bits per heavy atom. The van der Waals surface area contributed by atoms with Crippen LogP contribution in [0.3, 0.4) is 0 Å². The minimum atomic E-state index is -5.16. The molecule has 0 fully saturated rings. The van der Waals surface area contributed by atoms with Crippen LogP contribution in [0, 0.1) is 0 Å². The van der Waals surface area contributed by atoms with E-state index in [1.165, 1.54) is 48.5 Å². The number of carboxylic acids is 1. The van der Waals surface area contributed by atoms with Gasteiger partial charge in [-0.3, -0.25) is 0 Å². The number of nitrogens with zero attached hydrogens (tertiary/aromatic N) is 2.